The fourth-order valence-corrected chi connectivity index (χ4v) is 4.70. The van der Waals surface area contributed by atoms with E-state index in [1.54, 1.807) is 0 Å². The third kappa shape index (κ3) is 3.60. The van der Waals surface area contributed by atoms with Crippen LogP contribution in [0.1, 0.15) is 41.4 Å². The fourth-order valence-electron chi connectivity index (χ4n) is 3.76. The van der Waals surface area contributed by atoms with Gasteiger partial charge in [0.1, 0.15) is 4.83 Å². The quantitative estimate of drug-likeness (QED) is 0.745. The summed E-state index contributed by atoms with van der Waals surface area (Å²) in [5.41, 5.74) is 2.20. The van der Waals surface area contributed by atoms with Crippen LogP contribution in [0.2, 0.25) is 0 Å². The number of carbonyl (C=O) groups is 1. The van der Waals surface area contributed by atoms with Crippen LogP contribution < -0.4 is 5.32 Å². The number of aryl methyl sites for hydroxylation is 1. The van der Waals surface area contributed by atoms with Crippen LogP contribution in [0.3, 0.4) is 0 Å². The number of hydrogen-bond donors (Lipinski definition) is 1. The highest BCUT2D eigenvalue weighted by Crippen LogP contribution is 2.28. The van der Waals surface area contributed by atoms with E-state index in [4.69, 9.17) is 4.98 Å². The summed E-state index contributed by atoms with van der Waals surface area (Å²) in [4.78, 5) is 21.4. The molecule has 1 saturated heterocycles. The molecule has 1 aliphatic heterocycles. The van der Waals surface area contributed by atoms with Crippen molar-refractivity contribution in [1.29, 1.82) is 0 Å². The smallest absolute Gasteiger partial charge is 0.261 e. The van der Waals surface area contributed by atoms with Crippen molar-refractivity contribution < 1.29 is 4.79 Å². The second kappa shape index (κ2) is 7.33. The molecule has 1 aromatic carbocycles. The first kappa shape index (κ1) is 17.4. The molecule has 0 bridgehead atoms. The van der Waals surface area contributed by atoms with E-state index >= 15 is 0 Å². The molecule has 0 spiro atoms. The highest BCUT2D eigenvalue weighted by molar-refractivity contribution is 7.20. The van der Waals surface area contributed by atoms with Crippen molar-refractivity contribution in [3.63, 3.8) is 0 Å². The maximum Gasteiger partial charge on any atom is 0.261 e. The van der Waals surface area contributed by atoms with E-state index in [0.717, 1.165) is 39.1 Å². The van der Waals surface area contributed by atoms with Gasteiger partial charge in [-0.3, -0.25) is 9.69 Å². The first-order valence-electron chi connectivity index (χ1n) is 9.43. The number of hydrogen-bond acceptors (Lipinski definition) is 4. The number of carbonyl (C=O) groups excluding carboxylic acids is 1. The van der Waals surface area contributed by atoms with Crippen molar-refractivity contribution in [3.05, 3.63) is 40.8 Å². The Balaban J connectivity index is 1.45. The lowest BCUT2D eigenvalue weighted by Crippen LogP contribution is -2.42. The molecule has 3 heterocycles. The molecule has 5 heteroatoms. The number of rotatable bonds is 4. The van der Waals surface area contributed by atoms with Gasteiger partial charge in [0.2, 0.25) is 0 Å². The molecule has 3 aromatic rings. The average molecular weight is 368 g/mol. The second-order valence-electron chi connectivity index (χ2n) is 7.33. The molecule has 2 aromatic heterocycles. The van der Waals surface area contributed by atoms with Gasteiger partial charge in [-0.05, 0) is 57.5 Å². The van der Waals surface area contributed by atoms with E-state index < -0.39 is 0 Å². The molecule has 1 amide bonds. The van der Waals surface area contributed by atoms with Gasteiger partial charge in [0, 0.05) is 29.9 Å². The SMILES string of the molecule is Cc1ccc2nc3sc(C(=O)NCCN4CCCC[C@@H]4C)cc3cc2c1. The van der Waals surface area contributed by atoms with Crippen LogP contribution in [0.5, 0.6) is 0 Å². The van der Waals surface area contributed by atoms with Gasteiger partial charge >= 0.3 is 0 Å². The predicted octanol–water partition coefficient (Wildman–Crippen LogP) is 4.36. The van der Waals surface area contributed by atoms with Gasteiger partial charge in [-0.2, -0.15) is 0 Å². The Labute approximate surface area is 158 Å². The number of likely N-dealkylation sites (tertiary alicyclic amines) is 1. The highest BCUT2D eigenvalue weighted by Gasteiger charge is 2.18. The van der Waals surface area contributed by atoms with E-state index in [9.17, 15) is 4.79 Å². The minimum absolute atomic E-state index is 0.0119. The summed E-state index contributed by atoms with van der Waals surface area (Å²) in [5, 5.41) is 5.25. The summed E-state index contributed by atoms with van der Waals surface area (Å²) in [7, 11) is 0. The van der Waals surface area contributed by atoms with Crippen LogP contribution in [0.4, 0.5) is 0 Å². The number of pyridine rings is 1. The molecule has 1 atom stereocenters. The number of thiophene rings is 1. The van der Waals surface area contributed by atoms with E-state index in [0.29, 0.717) is 12.6 Å². The largest absolute Gasteiger partial charge is 0.350 e. The number of nitrogens with one attached hydrogen (secondary N) is 1. The van der Waals surface area contributed by atoms with Crippen molar-refractivity contribution in [3.8, 4) is 0 Å². The maximum atomic E-state index is 12.5. The summed E-state index contributed by atoms with van der Waals surface area (Å²) in [6, 6.07) is 11.0. The monoisotopic (exact) mass is 367 g/mol. The topological polar surface area (TPSA) is 45.2 Å². The number of nitrogens with zero attached hydrogens (tertiary/aromatic N) is 2. The minimum Gasteiger partial charge on any atom is -0.350 e. The molecule has 136 valence electrons. The Hall–Kier alpha value is -1.98. The molecule has 1 N–H and O–H groups in total. The maximum absolute atomic E-state index is 12.5. The Morgan fingerprint density at radius 3 is 3.00 bits per heavy atom. The molecular weight excluding hydrogens is 342 g/mol. The van der Waals surface area contributed by atoms with E-state index in [2.05, 4.69) is 42.3 Å². The van der Waals surface area contributed by atoms with Crippen molar-refractivity contribution in [1.82, 2.24) is 15.2 Å². The van der Waals surface area contributed by atoms with Gasteiger partial charge in [0.05, 0.1) is 10.4 Å². The van der Waals surface area contributed by atoms with Gasteiger partial charge in [-0.15, -0.1) is 11.3 Å². The standard InChI is InChI=1S/C21H25N3OS/c1-14-6-7-18-16(11-14)12-17-13-19(26-21(17)23-18)20(25)22-8-10-24-9-4-3-5-15(24)2/h6-7,11-13,15H,3-5,8-10H2,1-2H3,(H,22,25)/t15-/m0/s1. The van der Waals surface area contributed by atoms with Crippen LogP contribution >= 0.6 is 11.3 Å². The lowest BCUT2D eigenvalue weighted by Gasteiger charge is -2.33. The van der Waals surface area contributed by atoms with Crippen LogP contribution in [-0.4, -0.2) is 41.5 Å². The summed E-state index contributed by atoms with van der Waals surface area (Å²) >= 11 is 1.47. The lowest BCUT2D eigenvalue weighted by molar-refractivity contribution is 0.0942. The number of fused-ring (bicyclic) bond motifs is 2. The summed E-state index contributed by atoms with van der Waals surface area (Å²) in [5.74, 6) is 0.0119. The molecule has 4 nitrogen and oxygen atoms in total. The third-order valence-corrected chi connectivity index (χ3v) is 6.35. The molecule has 1 fully saturated rings. The molecule has 0 aliphatic carbocycles. The zero-order valence-electron chi connectivity index (χ0n) is 15.4. The average Bonchev–Trinajstić information content (AvgIpc) is 3.04. The van der Waals surface area contributed by atoms with Gasteiger partial charge in [-0.1, -0.05) is 18.1 Å². The molecule has 1 aliphatic rings. The number of aromatic nitrogens is 1. The molecule has 0 radical (unpaired) electrons. The normalized spacial score (nSPS) is 18.5. The Kier molecular flexibility index (Phi) is 4.92. The summed E-state index contributed by atoms with van der Waals surface area (Å²) in [6.45, 7) is 7.14. The van der Waals surface area contributed by atoms with Crippen LogP contribution in [0.25, 0.3) is 21.1 Å². The summed E-state index contributed by atoms with van der Waals surface area (Å²) in [6.07, 6.45) is 3.86. The lowest BCUT2D eigenvalue weighted by atomic mass is 10.0. The zero-order valence-corrected chi connectivity index (χ0v) is 16.2. The molecule has 4 rings (SSSR count). The van der Waals surface area contributed by atoms with Crippen LogP contribution in [0, 0.1) is 6.92 Å². The van der Waals surface area contributed by atoms with Crippen molar-refractivity contribution in [2.75, 3.05) is 19.6 Å². The molecule has 0 saturated carbocycles. The number of piperidine rings is 1. The van der Waals surface area contributed by atoms with Gasteiger partial charge in [0.15, 0.2) is 0 Å². The minimum atomic E-state index is 0.0119. The van der Waals surface area contributed by atoms with Crippen LogP contribution in [0.15, 0.2) is 30.3 Å². The number of benzene rings is 1. The van der Waals surface area contributed by atoms with E-state index in [-0.39, 0.29) is 5.91 Å². The second-order valence-corrected chi connectivity index (χ2v) is 8.36. The molecular formula is C21H25N3OS. The zero-order chi connectivity index (χ0) is 18.1. The Morgan fingerprint density at radius 2 is 2.15 bits per heavy atom. The Bertz CT molecular complexity index is 949. The first-order chi connectivity index (χ1) is 12.6. The van der Waals surface area contributed by atoms with Crippen LogP contribution in [-0.2, 0) is 0 Å². The van der Waals surface area contributed by atoms with Gasteiger partial charge in [0.25, 0.3) is 5.91 Å². The summed E-state index contributed by atoms with van der Waals surface area (Å²) < 4.78 is 0. The first-order valence-corrected chi connectivity index (χ1v) is 10.2. The van der Waals surface area contributed by atoms with Gasteiger partial charge in [-0.25, -0.2) is 4.98 Å². The molecule has 26 heavy (non-hydrogen) atoms. The van der Waals surface area contributed by atoms with Crippen molar-refractivity contribution in [2.24, 2.45) is 0 Å². The van der Waals surface area contributed by atoms with Crippen molar-refractivity contribution >= 4 is 38.4 Å². The fraction of sp³-hybridized carbons (Fsp3) is 0.429. The molecule has 0 unspecified atom stereocenters. The van der Waals surface area contributed by atoms with E-state index in [1.807, 2.05) is 12.1 Å². The van der Waals surface area contributed by atoms with E-state index in [1.165, 1.54) is 36.2 Å². The highest BCUT2D eigenvalue weighted by atomic mass is 32.1. The van der Waals surface area contributed by atoms with Crippen molar-refractivity contribution in [2.45, 2.75) is 39.2 Å². The Morgan fingerprint density at radius 1 is 1.27 bits per heavy atom. The predicted molar refractivity (Wildman–Crippen MR) is 109 cm³/mol. The van der Waals surface area contributed by atoms with Gasteiger partial charge < -0.3 is 5.32 Å². The third-order valence-electron chi connectivity index (χ3n) is 5.31. The number of amides is 1.